The first-order valence-electron chi connectivity index (χ1n) is 10.4. The molecule has 0 aromatic heterocycles. The van der Waals surface area contributed by atoms with Gasteiger partial charge >= 0.3 is 5.97 Å². The Balaban J connectivity index is 2.30. The van der Waals surface area contributed by atoms with Crippen LogP contribution in [0.2, 0.25) is 0 Å². The highest BCUT2D eigenvalue weighted by Crippen LogP contribution is 2.48. The quantitative estimate of drug-likeness (QED) is 0.456. The Kier molecular flexibility index (Phi) is 7.65. The maximum absolute atomic E-state index is 11.1. The number of aliphatic hydroxyl groups excluding tert-OH is 1. The molecule has 0 fully saturated rings. The Labute approximate surface area is 170 Å². The van der Waals surface area contributed by atoms with Gasteiger partial charge in [0.05, 0.1) is 12.0 Å². The molecule has 3 nitrogen and oxygen atoms in total. The fourth-order valence-electron chi connectivity index (χ4n) is 4.80. The van der Waals surface area contributed by atoms with Gasteiger partial charge in [0.1, 0.15) is 0 Å². The third-order valence-corrected chi connectivity index (χ3v) is 6.66. The molecular weight excluding hydrogens is 348 g/mol. The summed E-state index contributed by atoms with van der Waals surface area (Å²) in [6.45, 7) is 12.1. The molecule has 0 unspecified atom stereocenters. The molecule has 2 aliphatic rings. The summed E-state index contributed by atoms with van der Waals surface area (Å²) in [4.78, 5) is 11.1. The van der Waals surface area contributed by atoms with Gasteiger partial charge in [-0.2, -0.15) is 0 Å². The Morgan fingerprint density at radius 3 is 2.57 bits per heavy atom. The summed E-state index contributed by atoms with van der Waals surface area (Å²) in [5.74, 6) is 0.203. The van der Waals surface area contributed by atoms with E-state index in [-0.39, 0.29) is 0 Å². The summed E-state index contributed by atoms with van der Waals surface area (Å²) in [5, 5.41) is 19.3. The topological polar surface area (TPSA) is 57.5 Å². The van der Waals surface area contributed by atoms with Crippen molar-refractivity contribution in [3.05, 3.63) is 58.7 Å². The number of rotatable bonds is 6. The molecule has 0 saturated heterocycles. The van der Waals surface area contributed by atoms with Crippen molar-refractivity contribution in [1.82, 2.24) is 0 Å². The number of carboxylic acids is 1. The van der Waals surface area contributed by atoms with Crippen molar-refractivity contribution in [2.24, 2.45) is 29.6 Å². The predicted octanol–water partition coefficient (Wildman–Crippen LogP) is 5.70. The highest BCUT2D eigenvalue weighted by Gasteiger charge is 2.38. The van der Waals surface area contributed by atoms with E-state index in [1.807, 2.05) is 12.2 Å². The van der Waals surface area contributed by atoms with E-state index in [1.165, 1.54) is 23.6 Å². The molecule has 6 atom stereocenters. The van der Waals surface area contributed by atoms with Crippen LogP contribution in [-0.4, -0.2) is 22.3 Å². The minimum absolute atomic E-state index is 0.408. The number of allylic oxidation sites excluding steroid dienone is 9. The molecule has 154 valence electrons. The number of fused-ring (bicyclic) bond motifs is 1. The van der Waals surface area contributed by atoms with Crippen molar-refractivity contribution in [1.29, 1.82) is 0 Å². The van der Waals surface area contributed by atoms with E-state index in [0.717, 1.165) is 12.8 Å². The molecule has 2 rings (SSSR count). The summed E-state index contributed by atoms with van der Waals surface area (Å²) >= 11 is 0. The molecular formula is C25H36O3. The van der Waals surface area contributed by atoms with E-state index in [0.29, 0.717) is 29.2 Å². The third kappa shape index (κ3) is 4.94. The predicted molar refractivity (Wildman–Crippen MR) is 116 cm³/mol. The molecule has 0 radical (unpaired) electrons. The molecule has 2 aliphatic carbocycles. The van der Waals surface area contributed by atoms with E-state index < -0.39 is 18.0 Å². The molecule has 0 aromatic carbocycles. The molecule has 0 bridgehead atoms. The molecule has 3 heteroatoms. The molecule has 0 amide bonds. The summed E-state index contributed by atoms with van der Waals surface area (Å²) in [5.41, 5.74) is 5.01. The van der Waals surface area contributed by atoms with Crippen LogP contribution in [0.5, 0.6) is 0 Å². The Morgan fingerprint density at radius 2 is 1.96 bits per heavy atom. The number of hydrogen-bond acceptors (Lipinski definition) is 2. The number of carbonyl (C=O) groups is 1. The van der Waals surface area contributed by atoms with Crippen LogP contribution >= 0.6 is 0 Å². The zero-order valence-electron chi connectivity index (χ0n) is 18.1. The third-order valence-electron chi connectivity index (χ3n) is 6.66. The van der Waals surface area contributed by atoms with Crippen molar-refractivity contribution in [3.8, 4) is 0 Å². The second-order valence-corrected chi connectivity index (χ2v) is 8.68. The number of aliphatic carboxylic acids is 1. The summed E-state index contributed by atoms with van der Waals surface area (Å²) in [7, 11) is 0. The monoisotopic (exact) mass is 384 g/mol. The van der Waals surface area contributed by atoms with Gasteiger partial charge in [-0.15, -0.1) is 0 Å². The Hall–Kier alpha value is -1.87. The number of aliphatic hydroxyl groups is 1. The largest absolute Gasteiger partial charge is 0.481 e. The lowest BCUT2D eigenvalue weighted by Gasteiger charge is -2.43. The van der Waals surface area contributed by atoms with Crippen molar-refractivity contribution in [3.63, 3.8) is 0 Å². The zero-order valence-corrected chi connectivity index (χ0v) is 18.1. The number of carboxylic acid groups (broad SMARTS) is 1. The SMILES string of the molecule is C/C=C(\C)[C@@H]1C(C)=C[C@@H]2CC(C)=CC[C@H]2[C@@H]1/C=C/C=C(\C)[C@@H](O)[C@@H](C)C(=O)O. The van der Waals surface area contributed by atoms with E-state index in [4.69, 9.17) is 5.11 Å². The van der Waals surface area contributed by atoms with Crippen molar-refractivity contribution in [2.45, 2.75) is 60.5 Å². The van der Waals surface area contributed by atoms with Crippen LogP contribution in [0.25, 0.3) is 0 Å². The highest BCUT2D eigenvalue weighted by molar-refractivity contribution is 5.70. The lowest BCUT2D eigenvalue weighted by molar-refractivity contribution is -0.143. The standard InChI is InChI=1S/C25H36O3/c1-7-16(3)23-18(5)14-20-13-15(2)11-12-21(20)22(23)10-8-9-17(4)24(26)19(6)25(27)28/h7-11,14,19-24,26H,12-13H2,1-6H3,(H,27,28)/b10-8+,16-7+,17-9+/t19-,20+,21-,22+,23-,24-/m1/s1. The molecule has 0 spiro atoms. The maximum atomic E-state index is 11.1. The molecule has 0 saturated carbocycles. The summed E-state index contributed by atoms with van der Waals surface area (Å²) in [6, 6.07) is 0. The van der Waals surface area contributed by atoms with Gasteiger partial charge in [0.15, 0.2) is 0 Å². The van der Waals surface area contributed by atoms with Crippen molar-refractivity contribution >= 4 is 5.97 Å². The molecule has 0 aliphatic heterocycles. The number of hydrogen-bond donors (Lipinski definition) is 2. The maximum Gasteiger partial charge on any atom is 0.309 e. The van der Waals surface area contributed by atoms with Gasteiger partial charge < -0.3 is 10.2 Å². The fraction of sp³-hybridized carbons (Fsp3) is 0.560. The van der Waals surface area contributed by atoms with Crippen molar-refractivity contribution < 1.29 is 15.0 Å². The van der Waals surface area contributed by atoms with Gasteiger partial charge in [0.25, 0.3) is 0 Å². The van der Waals surface area contributed by atoms with Crippen LogP contribution in [0.4, 0.5) is 0 Å². The second kappa shape index (κ2) is 9.56. The zero-order chi connectivity index (χ0) is 21.0. The van der Waals surface area contributed by atoms with Gasteiger partial charge in [-0.1, -0.05) is 53.2 Å². The first-order valence-corrected chi connectivity index (χ1v) is 10.4. The Bertz CT molecular complexity index is 735. The molecule has 0 aromatic rings. The molecule has 2 N–H and O–H groups in total. The normalized spacial score (nSPS) is 31.1. The molecule has 0 heterocycles. The summed E-state index contributed by atoms with van der Waals surface area (Å²) in [6.07, 6.45) is 14.5. The van der Waals surface area contributed by atoms with E-state index in [9.17, 15) is 9.90 Å². The lowest BCUT2D eigenvalue weighted by Crippen LogP contribution is -2.34. The van der Waals surface area contributed by atoms with Crippen LogP contribution in [0.1, 0.15) is 54.4 Å². The molecule has 28 heavy (non-hydrogen) atoms. The van der Waals surface area contributed by atoms with E-state index in [2.05, 4.69) is 52.0 Å². The lowest BCUT2D eigenvalue weighted by atomic mass is 9.61. The van der Waals surface area contributed by atoms with Gasteiger partial charge in [0.2, 0.25) is 0 Å². The van der Waals surface area contributed by atoms with Crippen LogP contribution in [-0.2, 0) is 4.79 Å². The van der Waals surface area contributed by atoms with Crippen LogP contribution in [0.15, 0.2) is 58.7 Å². The minimum Gasteiger partial charge on any atom is -0.481 e. The van der Waals surface area contributed by atoms with Gasteiger partial charge in [-0.3, -0.25) is 4.79 Å². The second-order valence-electron chi connectivity index (χ2n) is 8.68. The Morgan fingerprint density at radius 1 is 1.29 bits per heavy atom. The van der Waals surface area contributed by atoms with Crippen LogP contribution < -0.4 is 0 Å². The average Bonchev–Trinajstić information content (AvgIpc) is 2.65. The fourth-order valence-corrected chi connectivity index (χ4v) is 4.80. The average molecular weight is 385 g/mol. The van der Waals surface area contributed by atoms with Gasteiger partial charge in [-0.05, 0) is 77.7 Å². The smallest absolute Gasteiger partial charge is 0.309 e. The van der Waals surface area contributed by atoms with E-state index in [1.54, 1.807) is 6.92 Å². The van der Waals surface area contributed by atoms with E-state index >= 15 is 0 Å². The van der Waals surface area contributed by atoms with Crippen molar-refractivity contribution in [2.75, 3.05) is 0 Å². The first-order chi connectivity index (χ1) is 13.2. The summed E-state index contributed by atoms with van der Waals surface area (Å²) < 4.78 is 0. The van der Waals surface area contributed by atoms with Gasteiger partial charge in [0, 0.05) is 5.92 Å². The first kappa shape index (κ1) is 22.4. The van der Waals surface area contributed by atoms with Crippen LogP contribution in [0, 0.1) is 29.6 Å². The minimum atomic E-state index is -0.978. The van der Waals surface area contributed by atoms with Gasteiger partial charge in [-0.25, -0.2) is 0 Å². The van der Waals surface area contributed by atoms with Crippen LogP contribution in [0.3, 0.4) is 0 Å². The highest BCUT2D eigenvalue weighted by atomic mass is 16.4.